The van der Waals surface area contributed by atoms with Crippen LogP contribution in [0, 0.1) is 11.2 Å². The summed E-state index contributed by atoms with van der Waals surface area (Å²) in [5.41, 5.74) is 2.92. The van der Waals surface area contributed by atoms with Crippen LogP contribution in [0.15, 0.2) is 59.8 Å². The first-order valence-electron chi connectivity index (χ1n) is 11.7. The van der Waals surface area contributed by atoms with E-state index in [1.165, 1.54) is 6.08 Å². The number of carbonyl (C=O) groups excluding carboxylic acids is 2. The molecule has 0 bridgehead atoms. The van der Waals surface area contributed by atoms with Crippen molar-refractivity contribution >= 4 is 12.0 Å². The van der Waals surface area contributed by atoms with E-state index in [1.807, 2.05) is 29.2 Å². The van der Waals surface area contributed by atoms with Crippen LogP contribution in [-0.2, 0) is 9.53 Å². The van der Waals surface area contributed by atoms with Crippen LogP contribution in [-0.4, -0.2) is 53.6 Å². The Morgan fingerprint density at radius 3 is 2.61 bits per heavy atom. The second-order valence-electron chi connectivity index (χ2n) is 9.80. The molecule has 0 saturated carbocycles. The number of hydrogen-bond acceptors (Lipinski definition) is 4. The molecule has 5 rings (SSSR count). The number of rotatable bonds is 3. The van der Waals surface area contributed by atoms with Crippen molar-refractivity contribution in [2.45, 2.75) is 51.3 Å². The quantitative estimate of drug-likeness (QED) is 0.704. The summed E-state index contributed by atoms with van der Waals surface area (Å²) in [7, 11) is 0. The van der Waals surface area contributed by atoms with E-state index in [-0.39, 0.29) is 35.4 Å². The van der Waals surface area contributed by atoms with Gasteiger partial charge in [0.1, 0.15) is 11.9 Å². The molecule has 174 valence electrons. The number of halogens is 1. The first-order chi connectivity index (χ1) is 15.8. The summed E-state index contributed by atoms with van der Waals surface area (Å²) in [5, 5.41) is 3.02. The first kappa shape index (κ1) is 21.9. The molecule has 33 heavy (non-hydrogen) atoms. The van der Waals surface area contributed by atoms with Crippen molar-refractivity contribution in [3.63, 3.8) is 0 Å². The molecule has 0 radical (unpaired) electrons. The second kappa shape index (κ2) is 8.45. The fourth-order valence-electron chi connectivity index (χ4n) is 5.64. The van der Waals surface area contributed by atoms with Crippen molar-refractivity contribution in [2.75, 3.05) is 19.6 Å². The Balaban J connectivity index is 1.23. The number of benzene rings is 1. The third-order valence-corrected chi connectivity index (χ3v) is 7.47. The highest BCUT2D eigenvalue weighted by atomic mass is 19.1. The van der Waals surface area contributed by atoms with Crippen LogP contribution < -0.4 is 5.32 Å². The third kappa shape index (κ3) is 4.10. The molecule has 1 aliphatic carbocycles. The Kier molecular flexibility index (Phi) is 5.60. The van der Waals surface area contributed by atoms with Gasteiger partial charge in [0, 0.05) is 55.3 Å². The summed E-state index contributed by atoms with van der Waals surface area (Å²) in [4.78, 5) is 28.7. The topological polar surface area (TPSA) is 61.9 Å². The molecule has 1 aromatic carbocycles. The number of fused-ring (bicyclic) bond motifs is 1. The molecule has 2 atom stereocenters. The number of nitrogens with one attached hydrogen (secondary N) is 1. The highest BCUT2D eigenvalue weighted by Gasteiger charge is 2.54. The number of likely N-dealkylation sites (tertiary alicyclic amines) is 2. The molecule has 2 unspecified atom stereocenters. The van der Waals surface area contributed by atoms with Crippen molar-refractivity contribution < 1.29 is 18.7 Å². The summed E-state index contributed by atoms with van der Waals surface area (Å²) >= 11 is 0. The van der Waals surface area contributed by atoms with Crippen molar-refractivity contribution in [3.8, 4) is 0 Å². The average Bonchev–Trinajstić information content (AvgIpc) is 2.79. The maximum atomic E-state index is 13.5. The summed E-state index contributed by atoms with van der Waals surface area (Å²) < 4.78 is 18.8. The Labute approximate surface area is 193 Å². The SMILES string of the molecule is CC(C)N1CC2(CCN(C(=O)NC3=CCC4OC(=O)C=CC4=C3)CC2)C1c1ccc(F)cc1. The maximum absolute atomic E-state index is 13.5. The Bertz CT molecular complexity index is 1040. The Morgan fingerprint density at radius 2 is 1.91 bits per heavy atom. The van der Waals surface area contributed by atoms with E-state index >= 15 is 0 Å². The minimum atomic E-state index is -0.328. The number of nitrogens with zero attached hydrogens (tertiary/aromatic N) is 2. The summed E-state index contributed by atoms with van der Waals surface area (Å²) in [6, 6.07) is 7.47. The number of urea groups is 1. The molecule has 2 saturated heterocycles. The number of piperidine rings is 1. The van der Waals surface area contributed by atoms with Gasteiger partial charge in [-0.25, -0.2) is 14.0 Å². The normalized spacial score (nSPS) is 26.3. The zero-order valence-electron chi connectivity index (χ0n) is 19.1. The van der Waals surface area contributed by atoms with Gasteiger partial charge < -0.3 is 15.0 Å². The van der Waals surface area contributed by atoms with E-state index < -0.39 is 0 Å². The monoisotopic (exact) mass is 451 g/mol. The molecule has 1 N–H and O–H groups in total. The lowest BCUT2D eigenvalue weighted by atomic mass is 9.62. The number of amides is 2. The van der Waals surface area contributed by atoms with Gasteiger partial charge in [-0.1, -0.05) is 18.2 Å². The number of ether oxygens (including phenoxy) is 1. The van der Waals surface area contributed by atoms with Crippen molar-refractivity contribution in [2.24, 2.45) is 5.41 Å². The fourth-order valence-corrected chi connectivity index (χ4v) is 5.64. The van der Waals surface area contributed by atoms with Gasteiger partial charge in [-0.05, 0) is 62.1 Å². The van der Waals surface area contributed by atoms with Crippen LogP contribution in [0.4, 0.5) is 9.18 Å². The Hall–Kier alpha value is -2.93. The highest BCUT2D eigenvalue weighted by molar-refractivity contribution is 5.84. The molecule has 6 nitrogen and oxygen atoms in total. The molecule has 3 heterocycles. The number of hydrogen-bond donors (Lipinski definition) is 1. The smallest absolute Gasteiger partial charge is 0.331 e. The zero-order chi connectivity index (χ0) is 23.2. The minimum Gasteiger partial charge on any atom is -0.454 e. The van der Waals surface area contributed by atoms with Gasteiger partial charge in [-0.2, -0.15) is 0 Å². The van der Waals surface area contributed by atoms with E-state index in [9.17, 15) is 14.0 Å². The third-order valence-electron chi connectivity index (χ3n) is 7.47. The van der Waals surface area contributed by atoms with E-state index in [4.69, 9.17) is 4.74 Å². The first-order valence-corrected chi connectivity index (χ1v) is 11.7. The largest absolute Gasteiger partial charge is 0.454 e. The van der Waals surface area contributed by atoms with E-state index in [2.05, 4.69) is 24.1 Å². The van der Waals surface area contributed by atoms with Crippen molar-refractivity contribution in [3.05, 3.63) is 71.2 Å². The van der Waals surface area contributed by atoms with Gasteiger partial charge in [0.05, 0.1) is 0 Å². The van der Waals surface area contributed by atoms with E-state index in [0.717, 1.165) is 36.2 Å². The van der Waals surface area contributed by atoms with Gasteiger partial charge in [0.25, 0.3) is 0 Å². The molecule has 0 aromatic heterocycles. The zero-order valence-corrected chi connectivity index (χ0v) is 19.1. The van der Waals surface area contributed by atoms with Crippen LogP contribution in [0.5, 0.6) is 0 Å². The van der Waals surface area contributed by atoms with Crippen LogP contribution in [0.1, 0.15) is 44.7 Å². The second-order valence-corrected chi connectivity index (χ2v) is 9.80. The number of allylic oxidation sites excluding steroid dienone is 1. The average molecular weight is 452 g/mol. The van der Waals surface area contributed by atoms with Gasteiger partial charge in [0.2, 0.25) is 0 Å². The highest BCUT2D eigenvalue weighted by Crippen LogP contribution is 2.55. The van der Waals surface area contributed by atoms with Crippen molar-refractivity contribution in [1.82, 2.24) is 15.1 Å². The number of esters is 1. The molecular formula is C26H30FN3O3. The predicted octanol–water partition coefficient (Wildman–Crippen LogP) is 4.08. The van der Waals surface area contributed by atoms with Gasteiger partial charge in [0.15, 0.2) is 0 Å². The van der Waals surface area contributed by atoms with Crippen LogP contribution >= 0.6 is 0 Å². The predicted molar refractivity (Wildman–Crippen MR) is 123 cm³/mol. The van der Waals surface area contributed by atoms with Gasteiger partial charge in [-0.3, -0.25) is 4.90 Å². The van der Waals surface area contributed by atoms with Gasteiger partial charge in [-0.15, -0.1) is 0 Å². The summed E-state index contributed by atoms with van der Waals surface area (Å²) in [6.07, 6.45) is 9.09. The fraction of sp³-hybridized carbons (Fsp3) is 0.462. The van der Waals surface area contributed by atoms with E-state index in [0.29, 0.717) is 25.6 Å². The Morgan fingerprint density at radius 1 is 1.18 bits per heavy atom. The number of carbonyl (C=O) groups is 2. The molecule has 4 aliphatic rings. The molecular weight excluding hydrogens is 421 g/mol. The van der Waals surface area contributed by atoms with Crippen molar-refractivity contribution in [1.29, 1.82) is 0 Å². The molecule has 1 spiro atoms. The van der Waals surface area contributed by atoms with E-state index in [1.54, 1.807) is 18.2 Å². The molecule has 3 aliphatic heterocycles. The standard InChI is InChI=1S/C26H30FN3O3/c1-17(2)30-16-26(24(30)18-3-6-20(27)7-4-18)11-13-29(14-12-26)25(32)28-21-8-9-22-19(15-21)5-10-23(31)33-22/h3-8,10,15,17,22,24H,9,11-14,16H2,1-2H3,(H,28,32). The molecule has 2 fully saturated rings. The summed E-state index contributed by atoms with van der Waals surface area (Å²) in [6.45, 7) is 6.79. The lowest BCUT2D eigenvalue weighted by molar-refractivity contribution is -0.141. The van der Waals surface area contributed by atoms with Crippen LogP contribution in [0.2, 0.25) is 0 Å². The molecule has 2 amide bonds. The lowest BCUT2D eigenvalue weighted by Crippen LogP contribution is -2.64. The molecule has 7 heteroatoms. The lowest BCUT2D eigenvalue weighted by Gasteiger charge is -2.62. The van der Waals surface area contributed by atoms with Crippen LogP contribution in [0.25, 0.3) is 0 Å². The summed E-state index contributed by atoms with van der Waals surface area (Å²) in [5.74, 6) is -0.541. The van der Waals surface area contributed by atoms with Gasteiger partial charge >= 0.3 is 12.0 Å². The molecule has 1 aromatic rings. The van der Waals surface area contributed by atoms with Crippen LogP contribution in [0.3, 0.4) is 0 Å². The minimum absolute atomic E-state index is 0.0958. The maximum Gasteiger partial charge on any atom is 0.331 e.